The van der Waals surface area contributed by atoms with Gasteiger partial charge < -0.3 is 5.32 Å². The van der Waals surface area contributed by atoms with Gasteiger partial charge in [0.25, 0.3) is 0 Å². The van der Waals surface area contributed by atoms with Gasteiger partial charge in [0.05, 0.1) is 0 Å². The second-order valence-corrected chi connectivity index (χ2v) is 4.02. The zero-order valence-electron chi connectivity index (χ0n) is 9.05. The topological polar surface area (TPSA) is 26.1 Å². The van der Waals surface area contributed by atoms with Crippen molar-refractivity contribution in [1.82, 2.24) is 10.6 Å². The van der Waals surface area contributed by atoms with Crippen LogP contribution in [0, 0.1) is 5.92 Å². The predicted octanol–water partition coefficient (Wildman–Crippen LogP) is 1.78. The molecule has 0 aliphatic carbocycles. The van der Waals surface area contributed by atoms with Crippen LogP contribution in [0.5, 0.6) is 0 Å². The molecule has 2 heteroatoms. The van der Waals surface area contributed by atoms with Gasteiger partial charge in [-0.1, -0.05) is 33.1 Å². The highest BCUT2D eigenvalue weighted by molar-refractivity contribution is 4.85. The Morgan fingerprint density at radius 3 is 2.77 bits per heavy atom. The molecule has 1 N–H and O–H groups in total. The second-order valence-electron chi connectivity index (χ2n) is 4.02. The summed E-state index contributed by atoms with van der Waals surface area (Å²) in [6, 6.07) is 0.682. The van der Waals surface area contributed by atoms with E-state index in [1.54, 1.807) is 0 Å². The smallest absolute Gasteiger partial charge is 0.0290 e. The lowest BCUT2D eigenvalue weighted by molar-refractivity contribution is 0.412. The Morgan fingerprint density at radius 1 is 1.23 bits per heavy atom. The van der Waals surface area contributed by atoms with E-state index < -0.39 is 0 Å². The molecule has 0 saturated carbocycles. The molecule has 77 valence electrons. The van der Waals surface area contributed by atoms with Crippen molar-refractivity contribution in [2.45, 2.75) is 45.6 Å². The molecule has 1 aliphatic rings. The summed E-state index contributed by atoms with van der Waals surface area (Å²) >= 11 is 0. The zero-order valence-corrected chi connectivity index (χ0v) is 9.05. The van der Waals surface area contributed by atoms with Crippen LogP contribution >= 0.6 is 0 Å². The van der Waals surface area contributed by atoms with Crippen molar-refractivity contribution in [3.8, 4) is 0 Å². The molecule has 0 aromatic heterocycles. The third kappa shape index (κ3) is 3.65. The minimum Gasteiger partial charge on any atom is -0.312 e. The maximum Gasteiger partial charge on any atom is 0.0290 e. The van der Waals surface area contributed by atoms with E-state index >= 15 is 0 Å². The van der Waals surface area contributed by atoms with Crippen molar-refractivity contribution >= 4 is 0 Å². The Kier molecular flexibility index (Phi) is 5.40. The summed E-state index contributed by atoms with van der Waals surface area (Å²) in [5, 5.41) is 8.08. The van der Waals surface area contributed by atoms with Crippen molar-refractivity contribution in [3.63, 3.8) is 0 Å². The number of rotatable bonds is 6. The van der Waals surface area contributed by atoms with E-state index in [-0.39, 0.29) is 0 Å². The van der Waals surface area contributed by atoms with Gasteiger partial charge in [-0.3, -0.25) is 0 Å². The van der Waals surface area contributed by atoms with Crippen LogP contribution < -0.4 is 10.6 Å². The fourth-order valence-electron chi connectivity index (χ4n) is 1.96. The molecule has 1 rings (SSSR count). The summed E-state index contributed by atoms with van der Waals surface area (Å²) in [7, 11) is 0. The molecular formula is C11H23N2. The Morgan fingerprint density at radius 2 is 2.08 bits per heavy atom. The summed E-state index contributed by atoms with van der Waals surface area (Å²) in [6.45, 7) is 7.84. The van der Waals surface area contributed by atoms with Crippen molar-refractivity contribution in [2.75, 3.05) is 19.6 Å². The lowest BCUT2D eigenvalue weighted by Gasteiger charge is -2.17. The Labute approximate surface area is 82.5 Å². The third-order valence-electron chi connectivity index (χ3n) is 2.97. The number of unbranched alkanes of at least 4 members (excludes halogenated alkanes) is 2. The maximum absolute atomic E-state index is 4.45. The largest absolute Gasteiger partial charge is 0.312 e. The number of hydrogen-bond donors (Lipinski definition) is 1. The first kappa shape index (κ1) is 11.0. The van der Waals surface area contributed by atoms with Crippen molar-refractivity contribution in [1.29, 1.82) is 0 Å². The Hall–Kier alpha value is -0.0800. The third-order valence-corrected chi connectivity index (χ3v) is 2.97. The normalized spacial score (nSPS) is 28.2. The van der Waals surface area contributed by atoms with Crippen LogP contribution in [0.4, 0.5) is 0 Å². The summed E-state index contributed by atoms with van der Waals surface area (Å²) in [4.78, 5) is 0. The minimum atomic E-state index is 0.682. The van der Waals surface area contributed by atoms with Gasteiger partial charge in [0, 0.05) is 19.1 Å². The highest BCUT2D eigenvalue weighted by atomic mass is 15.0. The van der Waals surface area contributed by atoms with E-state index in [1.807, 2.05) is 0 Å². The van der Waals surface area contributed by atoms with Gasteiger partial charge >= 0.3 is 0 Å². The summed E-state index contributed by atoms with van der Waals surface area (Å²) < 4.78 is 0. The predicted molar refractivity (Wildman–Crippen MR) is 57.0 cm³/mol. The zero-order chi connectivity index (χ0) is 9.52. The van der Waals surface area contributed by atoms with Gasteiger partial charge in [0.1, 0.15) is 0 Å². The number of nitrogens with one attached hydrogen (secondary N) is 1. The molecule has 1 aliphatic heterocycles. The molecule has 0 bridgehead atoms. The molecule has 0 aromatic rings. The summed E-state index contributed by atoms with van der Waals surface area (Å²) in [6.07, 6.45) is 5.26. The molecule has 0 spiro atoms. The average molecular weight is 183 g/mol. The van der Waals surface area contributed by atoms with Gasteiger partial charge in [-0.25, -0.2) is 5.32 Å². The van der Waals surface area contributed by atoms with Crippen LogP contribution in [-0.2, 0) is 0 Å². The Bertz CT molecular complexity index is 125. The highest BCUT2D eigenvalue weighted by Gasteiger charge is 2.25. The first-order valence-electron chi connectivity index (χ1n) is 5.75. The number of nitrogens with zero attached hydrogens (tertiary/aromatic N) is 1. The van der Waals surface area contributed by atoms with E-state index in [4.69, 9.17) is 0 Å². The fourth-order valence-corrected chi connectivity index (χ4v) is 1.96. The van der Waals surface area contributed by atoms with E-state index in [9.17, 15) is 0 Å². The quantitative estimate of drug-likeness (QED) is 0.624. The molecule has 13 heavy (non-hydrogen) atoms. The van der Waals surface area contributed by atoms with E-state index in [0.29, 0.717) is 6.04 Å². The molecule has 0 aromatic carbocycles. The monoisotopic (exact) mass is 183 g/mol. The maximum atomic E-state index is 4.45. The Balaban J connectivity index is 2.06. The SMILES string of the molecule is CCCCCNC1C[N]CC1CC. The molecule has 1 radical (unpaired) electrons. The fraction of sp³-hybridized carbons (Fsp3) is 1.00. The first-order chi connectivity index (χ1) is 6.38. The number of hydrogen-bond acceptors (Lipinski definition) is 1. The summed E-state index contributed by atoms with van der Waals surface area (Å²) in [5.74, 6) is 0.807. The van der Waals surface area contributed by atoms with Crippen LogP contribution in [0.15, 0.2) is 0 Å². The van der Waals surface area contributed by atoms with Crippen LogP contribution in [-0.4, -0.2) is 25.7 Å². The van der Waals surface area contributed by atoms with E-state index in [0.717, 1.165) is 19.0 Å². The molecule has 1 fully saturated rings. The molecule has 2 nitrogen and oxygen atoms in total. The second kappa shape index (κ2) is 6.39. The molecule has 0 amide bonds. The van der Waals surface area contributed by atoms with Gasteiger partial charge in [0.2, 0.25) is 0 Å². The van der Waals surface area contributed by atoms with Gasteiger partial charge in [-0.15, -0.1) is 0 Å². The molecule has 1 heterocycles. The van der Waals surface area contributed by atoms with Crippen molar-refractivity contribution in [3.05, 3.63) is 0 Å². The molecule has 2 atom stereocenters. The first-order valence-corrected chi connectivity index (χ1v) is 5.75. The van der Waals surface area contributed by atoms with E-state index in [2.05, 4.69) is 24.5 Å². The lowest BCUT2D eigenvalue weighted by atomic mass is 10.0. The standard InChI is InChI=1S/C11H23N2/c1-3-5-6-7-13-11-9-12-8-10(11)4-2/h10-11,13H,3-9H2,1-2H3. The highest BCUT2D eigenvalue weighted by Crippen LogP contribution is 2.13. The van der Waals surface area contributed by atoms with Crippen molar-refractivity contribution < 1.29 is 0 Å². The lowest BCUT2D eigenvalue weighted by Crippen LogP contribution is -2.36. The van der Waals surface area contributed by atoms with Crippen molar-refractivity contribution in [2.24, 2.45) is 5.92 Å². The van der Waals surface area contributed by atoms with Crippen LogP contribution in [0.3, 0.4) is 0 Å². The van der Waals surface area contributed by atoms with Crippen LogP contribution in [0.2, 0.25) is 0 Å². The van der Waals surface area contributed by atoms with E-state index in [1.165, 1.54) is 32.2 Å². The minimum absolute atomic E-state index is 0.682. The molecule has 2 unspecified atom stereocenters. The molecular weight excluding hydrogens is 160 g/mol. The van der Waals surface area contributed by atoms with Gasteiger partial charge in [-0.05, 0) is 18.9 Å². The van der Waals surface area contributed by atoms with Gasteiger partial charge in [0.15, 0.2) is 0 Å². The summed E-state index contributed by atoms with van der Waals surface area (Å²) in [5.41, 5.74) is 0. The average Bonchev–Trinajstić information content (AvgIpc) is 2.60. The van der Waals surface area contributed by atoms with Gasteiger partial charge in [-0.2, -0.15) is 0 Å². The molecule has 1 saturated heterocycles. The van der Waals surface area contributed by atoms with Crippen LogP contribution in [0.25, 0.3) is 0 Å². The van der Waals surface area contributed by atoms with Crippen LogP contribution in [0.1, 0.15) is 39.5 Å².